The Morgan fingerprint density at radius 2 is 2.21 bits per heavy atom. The van der Waals surface area contributed by atoms with Gasteiger partial charge in [-0.1, -0.05) is 37.9 Å². The van der Waals surface area contributed by atoms with Gasteiger partial charge in [-0.05, 0) is 18.1 Å². The van der Waals surface area contributed by atoms with Gasteiger partial charge in [-0.25, -0.2) is 0 Å². The summed E-state index contributed by atoms with van der Waals surface area (Å²) in [6.45, 7) is 4.92. The van der Waals surface area contributed by atoms with E-state index in [9.17, 15) is 0 Å². The first-order chi connectivity index (χ1) is 6.65. The Balaban J connectivity index is 2.66. The van der Waals surface area contributed by atoms with Crippen LogP contribution >= 0.6 is 11.6 Å². The summed E-state index contributed by atoms with van der Waals surface area (Å²) in [5.74, 6) is 1.13. The van der Waals surface area contributed by atoms with Crippen LogP contribution in [0.1, 0.15) is 20.3 Å². The molecule has 0 bridgehead atoms. The number of nitrogen functional groups attached to an aromatic ring is 1. The van der Waals surface area contributed by atoms with Crippen molar-refractivity contribution in [3.8, 4) is 5.75 Å². The maximum Gasteiger partial charge on any atom is 0.160 e. The fourth-order valence-electron chi connectivity index (χ4n) is 1.02. The molecule has 0 spiro atoms. The molecule has 1 rings (SSSR count). The van der Waals surface area contributed by atoms with E-state index in [1.165, 1.54) is 0 Å². The van der Waals surface area contributed by atoms with Crippen LogP contribution in [0.5, 0.6) is 5.75 Å². The topological polar surface area (TPSA) is 35.2 Å². The lowest BCUT2D eigenvalue weighted by atomic mass is 10.1. The maximum atomic E-state index is 5.95. The molecule has 1 atom stereocenters. The normalized spacial score (nSPS) is 12.5. The van der Waals surface area contributed by atoms with Gasteiger partial charge in [0.05, 0.1) is 17.3 Å². The zero-order valence-corrected chi connectivity index (χ0v) is 9.34. The summed E-state index contributed by atoms with van der Waals surface area (Å²) in [6, 6.07) is 5.38. The van der Waals surface area contributed by atoms with Crippen molar-refractivity contribution in [3.05, 3.63) is 23.2 Å². The zero-order valence-electron chi connectivity index (χ0n) is 8.59. The molecule has 0 saturated carbocycles. The molecule has 0 fully saturated rings. The van der Waals surface area contributed by atoms with Crippen molar-refractivity contribution in [3.63, 3.8) is 0 Å². The Bertz CT molecular complexity index is 281. The summed E-state index contributed by atoms with van der Waals surface area (Å²) in [4.78, 5) is 0. The number of hydrogen-bond acceptors (Lipinski definition) is 2. The molecule has 2 nitrogen and oxygen atoms in total. The summed E-state index contributed by atoms with van der Waals surface area (Å²) in [6.07, 6.45) is 1.09. The summed E-state index contributed by atoms with van der Waals surface area (Å²) in [5.41, 5.74) is 6.34. The molecule has 78 valence electrons. The number of nitrogens with two attached hydrogens (primary N) is 1. The number of rotatable bonds is 4. The Labute approximate surface area is 90.0 Å². The van der Waals surface area contributed by atoms with Crippen molar-refractivity contribution < 1.29 is 4.74 Å². The van der Waals surface area contributed by atoms with Crippen LogP contribution in [0.15, 0.2) is 18.2 Å². The molecule has 0 aromatic heterocycles. The van der Waals surface area contributed by atoms with Gasteiger partial charge in [0.15, 0.2) is 5.75 Å². The first-order valence-electron chi connectivity index (χ1n) is 4.82. The summed E-state index contributed by atoms with van der Waals surface area (Å²) < 4.78 is 5.56. The van der Waals surface area contributed by atoms with E-state index >= 15 is 0 Å². The van der Waals surface area contributed by atoms with Gasteiger partial charge in [0, 0.05) is 0 Å². The summed E-state index contributed by atoms with van der Waals surface area (Å²) in [7, 11) is 0. The van der Waals surface area contributed by atoms with Gasteiger partial charge in [-0.2, -0.15) is 0 Å². The molecule has 1 aromatic rings. The fourth-order valence-corrected chi connectivity index (χ4v) is 1.26. The first kappa shape index (κ1) is 11.2. The molecule has 0 saturated heterocycles. The zero-order chi connectivity index (χ0) is 10.6. The molecule has 1 unspecified atom stereocenters. The number of anilines is 1. The van der Waals surface area contributed by atoms with E-state index in [1.54, 1.807) is 12.1 Å². The molecule has 2 N–H and O–H groups in total. The van der Waals surface area contributed by atoms with Crippen LogP contribution < -0.4 is 10.5 Å². The van der Waals surface area contributed by atoms with Crippen LogP contribution in [0.25, 0.3) is 0 Å². The van der Waals surface area contributed by atoms with Crippen LogP contribution in [0, 0.1) is 5.92 Å². The van der Waals surface area contributed by atoms with Crippen molar-refractivity contribution in [1.29, 1.82) is 0 Å². The third-order valence-electron chi connectivity index (χ3n) is 2.21. The van der Waals surface area contributed by atoms with E-state index < -0.39 is 0 Å². The monoisotopic (exact) mass is 213 g/mol. The van der Waals surface area contributed by atoms with Crippen molar-refractivity contribution in [2.45, 2.75) is 20.3 Å². The number of hydrogen-bond donors (Lipinski definition) is 1. The SMILES string of the molecule is CCC(C)COc1c(N)cccc1Cl. The number of benzene rings is 1. The van der Waals surface area contributed by atoms with Crippen LogP contribution in [0.2, 0.25) is 5.02 Å². The molecule has 0 heterocycles. The predicted octanol–water partition coefficient (Wildman–Crippen LogP) is 3.35. The lowest BCUT2D eigenvalue weighted by Gasteiger charge is -2.13. The average Bonchev–Trinajstić information content (AvgIpc) is 2.16. The Hall–Kier alpha value is -0.890. The molecule has 0 aliphatic rings. The Kier molecular flexibility index (Phi) is 4.08. The van der Waals surface area contributed by atoms with E-state index in [-0.39, 0.29) is 0 Å². The van der Waals surface area contributed by atoms with Crippen LogP contribution in [-0.4, -0.2) is 6.61 Å². The summed E-state index contributed by atoms with van der Waals surface area (Å²) >= 11 is 5.95. The molecular formula is C11H16ClNO. The first-order valence-corrected chi connectivity index (χ1v) is 5.19. The van der Waals surface area contributed by atoms with Gasteiger partial charge in [0.2, 0.25) is 0 Å². The standard InChI is InChI=1S/C11H16ClNO/c1-3-8(2)7-14-11-9(12)5-4-6-10(11)13/h4-6,8H,3,7,13H2,1-2H3. The highest BCUT2D eigenvalue weighted by Crippen LogP contribution is 2.30. The van der Waals surface area contributed by atoms with Crippen LogP contribution in [0.3, 0.4) is 0 Å². The minimum Gasteiger partial charge on any atom is -0.490 e. The number of ether oxygens (including phenoxy) is 1. The van der Waals surface area contributed by atoms with Crippen LogP contribution in [-0.2, 0) is 0 Å². The average molecular weight is 214 g/mol. The number of para-hydroxylation sites is 1. The minimum absolute atomic E-state index is 0.519. The second kappa shape index (κ2) is 5.11. The quantitative estimate of drug-likeness (QED) is 0.779. The lowest BCUT2D eigenvalue weighted by Crippen LogP contribution is -2.08. The highest BCUT2D eigenvalue weighted by Gasteiger charge is 2.07. The molecular weight excluding hydrogens is 198 g/mol. The molecule has 0 aliphatic heterocycles. The minimum atomic E-state index is 0.519. The lowest BCUT2D eigenvalue weighted by molar-refractivity contribution is 0.258. The van der Waals surface area contributed by atoms with E-state index in [1.807, 2.05) is 6.07 Å². The molecule has 0 amide bonds. The van der Waals surface area contributed by atoms with Gasteiger partial charge in [0.1, 0.15) is 0 Å². The molecule has 3 heteroatoms. The molecule has 0 aliphatic carbocycles. The van der Waals surface area contributed by atoms with Crippen molar-refractivity contribution >= 4 is 17.3 Å². The maximum absolute atomic E-state index is 5.95. The van der Waals surface area contributed by atoms with Gasteiger partial charge >= 0.3 is 0 Å². The van der Waals surface area contributed by atoms with Crippen molar-refractivity contribution in [2.75, 3.05) is 12.3 Å². The molecule has 14 heavy (non-hydrogen) atoms. The van der Waals surface area contributed by atoms with Gasteiger partial charge in [0.25, 0.3) is 0 Å². The second-order valence-corrected chi connectivity index (χ2v) is 3.89. The highest BCUT2D eigenvalue weighted by molar-refractivity contribution is 6.32. The third-order valence-corrected chi connectivity index (χ3v) is 2.50. The predicted molar refractivity (Wildman–Crippen MR) is 60.8 cm³/mol. The second-order valence-electron chi connectivity index (χ2n) is 3.48. The van der Waals surface area contributed by atoms with Crippen molar-refractivity contribution in [2.24, 2.45) is 5.92 Å². The van der Waals surface area contributed by atoms with E-state index in [0.29, 0.717) is 29.0 Å². The van der Waals surface area contributed by atoms with Crippen LogP contribution in [0.4, 0.5) is 5.69 Å². The fraction of sp³-hybridized carbons (Fsp3) is 0.455. The van der Waals surface area contributed by atoms with E-state index in [0.717, 1.165) is 6.42 Å². The molecule has 0 radical (unpaired) electrons. The van der Waals surface area contributed by atoms with Gasteiger partial charge < -0.3 is 10.5 Å². The van der Waals surface area contributed by atoms with Gasteiger partial charge in [-0.15, -0.1) is 0 Å². The summed E-state index contributed by atoms with van der Waals surface area (Å²) in [5, 5.41) is 0.577. The Morgan fingerprint density at radius 3 is 2.79 bits per heavy atom. The highest BCUT2D eigenvalue weighted by atomic mass is 35.5. The van der Waals surface area contributed by atoms with E-state index in [4.69, 9.17) is 22.1 Å². The smallest absolute Gasteiger partial charge is 0.160 e. The third kappa shape index (κ3) is 2.81. The van der Waals surface area contributed by atoms with Crippen molar-refractivity contribution in [1.82, 2.24) is 0 Å². The number of halogens is 1. The molecule has 1 aromatic carbocycles. The largest absolute Gasteiger partial charge is 0.490 e. The van der Waals surface area contributed by atoms with E-state index in [2.05, 4.69) is 13.8 Å². The Morgan fingerprint density at radius 1 is 1.50 bits per heavy atom. The van der Waals surface area contributed by atoms with Gasteiger partial charge in [-0.3, -0.25) is 0 Å².